The van der Waals surface area contributed by atoms with Gasteiger partial charge < -0.3 is 10.6 Å². The first-order valence-corrected chi connectivity index (χ1v) is 8.05. The van der Waals surface area contributed by atoms with Gasteiger partial charge in [-0.15, -0.1) is 0 Å². The number of para-hydroxylation sites is 1. The molecule has 5 nitrogen and oxygen atoms in total. The van der Waals surface area contributed by atoms with E-state index in [0.29, 0.717) is 17.4 Å². The van der Waals surface area contributed by atoms with E-state index in [9.17, 15) is 4.79 Å². The molecule has 0 aliphatic heterocycles. The second kappa shape index (κ2) is 7.08. The van der Waals surface area contributed by atoms with Crippen molar-refractivity contribution < 1.29 is 4.79 Å². The smallest absolute Gasteiger partial charge is 0.274 e. The van der Waals surface area contributed by atoms with Gasteiger partial charge in [0.2, 0.25) is 0 Å². The van der Waals surface area contributed by atoms with Crippen molar-refractivity contribution in [1.29, 1.82) is 0 Å². The third-order valence-electron chi connectivity index (χ3n) is 3.90. The maximum Gasteiger partial charge on any atom is 0.274 e. The molecule has 2 N–H and O–H groups in total. The van der Waals surface area contributed by atoms with Crippen molar-refractivity contribution in [2.75, 3.05) is 10.6 Å². The Morgan fingerprint density at radius 1 is 1.12 bits per heavy atom. The SMILES string of the molecule is CCC(C)Nc1ccc(C(=O)Nc2cccc3cccnc23)nc1. The number of anilines is 2. The van der Waals surface area contributed by atoms with E-state index >= 15 is 0 Å². The summed E-state index contributed by atoms with van der Waals surface area (Å²) in [6.07, 6.45) is 4.42. The summed E-state index contributed by atoms with van der Waals surface area (Å²) in [6.45, 7) is 4.22. The Hall–Kier alpha value is -2.95. The lowest BCUT2D eigenvalue weighted by Crippen LogP contribution is -2.16. The minimum Gasteiger partial charge on any atom is -0.381 e. The van der Waals surface area contributed by atoms with Crippen LogP contribution in [0.1, 0.15) is 30.8 Å². The topological polar surface area (TPSA) is 66.9 Å². The molecule has 0 bridgehead atoms. The minimum absolute atomic E-state index is 0.247. The highest BCUT2D eigenvalue weighted by Crippen LogP contribution is 2.21. The Balaban J connectivity index is 1.77. The van der Waals surface area contributed by atoms with Crippen molar-refractivity contribution in [2.24, 2.45) is 0 Å². The van der Waals surface area contributed by atoms with Gasteiger partial charge in [0.15, 0.2) is 0 Å². The molecule has 0 fully saturated rings. The van der Waals surface area contributed by atoms with E-state index in [-0.39, 0.29) is 5.91 Å². The van der Waals surface area contributed by atoms with Crippen molar-refractivity contribution in [2.45, 2.75) is 26.3 Å². The molecule has 3 aromatic rings. The van der Waals surface area contributed by atoms with E-state index in [4.69, 9.17) is 0 Å². The predicted octanol–water partition coefficient (Wildman–Crippen LogP) is 4.09. The zero-order valence-electron chi connectivity index (χ0n) is 13.8. The number of nitrogens with one attached hydrogen (secondary N) is 2. The molecule has 0 radical (unpaired) electrons. The number of hydrogen-bond acceptors (Lipinski definition) is 4. The van der Waals surface area contributed by atoms with Crippen LogP contribution in [-0.2, 0) is 0 Å². The highest BCUT2D eigenvalue weighted by atomic mass is 16.1. The van der Waals surface area contributed by atoms with Crippen molar-refractivity contribution >= 4 is 28.2 Å². The van der Waals surface area contributed by atoms with Gasteiger partial charge in [-0.25, -0.2) is 4.98 Å². The molecule has 2 aromatic heterocycles. The third kappa shape index (κ3) is 3.51. The fraction of sp³-hybridized carbons (Fsp3) is 0.211. The summed E-state index contributed by atoms with van der Waals surface area (Å²) in [5.41, 5.74) is 2.73. The van der Waals surface area contributed by atoms with E-state index in [2.05, 4.69) is 34.4 Å². The monoisotopic (exact) mass is 320 g/mol. The Bertz CT molecular complexity index is 840. The molecular weight excluding hydrogens is 300 g/mol. The van der Waals surface area contributed by atoms with Crippen LogP contribution in [0.15, 0.2) is 54.9 Å². The molecule has 1 amide bonds. The quantitative estimate of drug-likeness (QED) is 0.743. The molecule has 122 valence electrons. The van der Waals surface area contributed by atoms with Gasteiger partial charge in [0.1, 0.15) is 5.69 Å². The van der Waals surface area contributed by atoms with Gasteiger partial charge in [0, 0.05) is 17.6 Å². The van der Waals surface area contributed by atoms with Crippen LogP contribution < -0.4 is 10.6 Å². The summed E-state index contributed by atoms with van der Waals surface area (Å²) < 4.78 is 0. The van der Waals surface area contributed by atoms with Gasteiger partial charge in [-0.3, -0.25) is 9.78 Å². The van der Waals surface area contributed by atoms with Gasteiger partial charge >= 0.3 is 0 Å². The van der Waals surface area contributed by atoms with Crippen LogP contribution in [-0.4, -0.2) is 21.9 Å². The minimum atomic E-state index is -0.247. The molecule has 0 aliphatic rings. The lowest BCUT2D eigenvalue weighted by molar-refractivity contribution is 0.102. The Kier molecular flexibility index (Phi) is 4.70. The number of hydrogen-bond donors (Lipinski definition) is 2. The Morgan fingerprint density at radius 3 is 2.71 bits per heavy atom. The van der Waals surface area contributed by atoms with Crippen LogP contribution in [0.4, 0.5) is 11.4 Å². The van der Waals surface area contributed by atoms with E-state index in [1.807, 2.05) is 36.4 Å². The molecule has 0 spiro atoms. The first kappa shape index (κ1) is 15.9. The standard InChI is InChI=1S/C19H20N4O/c1-3-13(2)22-15-9-10-17(21-12-15)19(24)23-16-8-4-6-14-7-5-11-20-18(14)16/h4-13,22H,3H2,1-2H3,(H,23,24). The summed E-state index contributed by atoms with van der Waals surface area (Å²) >= 11 is 0. The van der Waals surface area contributed by atoms with Crippen molar-refractivity contribution in [3.05, 3.63) is 60.6 Å². The van der Waals surface area contributed by atoms with Crippen LogP contribution in [0.2, 0.25) is 0 Å². The van der Waals surface area contributed by atoms with Crippen molar-refractivity contribution in [3.8, 4) is 0 Å². The molecule has 5 heteroatoms. The average Bonchev–Trinajstić information content (AvgIpc) is 2.62. The fourth-order valence-electron chi connectivity index (χ4n) is 2.39. The van der Waals surface area contributed by atoms with Gasteiger partial charge in [-0.2, -0.15) is 0 Å². The normalized spacial score (nSPS) is 11.9. The molecule has 1 atom stereocenters. The van der Waals surface area contributed by atoms with Crippen LogP contribution in [0.3, 0.4) is 0 Å². The highest BCUT2D eigenvalue weighted by molar-refractivity contribution is 6.07. The van der Waals surface area contributed by atoms with Gasteiger partial charge in [-0.05, 0) is 37.6 Å². The van der Waals surface area contributed by atoms with Crippen molar-refractivity contribution in [3.63, 3.8) is 0 Å². The molecule has 0 aliphatic carbocycles. The third-order valence-corrected chi connectivity index (χ3v) is 3.90. The molecule has 0 saturated heterocycles. The lowest BCUT2D eigenvalue weighted by Gasteiger charge is -2.13. The van der Waals surface area contributed by atoms with Crippen LogP contribution >= 0.6 is 0 Å². The summed E-state index contributed by atoms with van der Waals surface area (Å²) in [7, 11) is 0. The first-order chi connectivity index (χ1) is 11.7. The first-order valence-electron chi connectivity index (χ1n) is 8.05. The maximum absolute atomic E-state index is 12.4. The van der Waals surface area contributed by atoms with Crippen LogP contribution in [0, 0.1) is 0 Å². The van der Waals surface area contributed by atoms with Gasteiger partial charge in [-0.1, -0.05) is 25.1 Å². The highest BCUT2D eigenvalue weighted by Gasteiger charge is 2.10. The number of pyridine rings is 2. The van der Waals surface area contributed by atoms with Gasteiger partial charge in [0.25, 0.3) is 5.91 Å². The van der Waals surface area contributed by atoms with Gasteiger partial charge in [0.05, 0.1) is 23.1 Å². The largest absolute Gasteiger partial charge is 0.381 e. The second-order valence-corrected chi connectivity index (χ2v) is 5.72. The summed E-state index contributed by atoms with van der Waals surface area (Å²) in [4.78, 5) is 21.0. The van der Waals surface area contributed by atoms with E-state index in [1.165, 1.54) is 0 Å². The molecule has 1 unspecified atom stereocenters. The average molecular weight is 320 g/mol. The number of amides is 1. The zero-order chi connectivity index (χ0) is 16.9. The molecule has 2 heterocycles. The number of carbonyl (C=O) groups excluding carboxylic acids is 1. The molecule has 3 rings (SSSR count). The summed E-state index contributed by atoms with van der Waals surface area (Å²) in [5, 5.41) is 7.20. The summed E-state index contributed by atoms with van der Waals surface area (Å²) in [6, 6.07) is 13.5. The van der Waals surface area contributed by atoms with E-state index in [0.717, 1.165) is 23.0 Å². The molecule has 24 heavy (non-hydrogen) atoms. The number of aromatic nitrogens is 2. The molecular formula is C19H20N4O. The van der Waals surface area contributed by atoms with E-state index in [1.54, 1.807) is 18.5 Å². The van der Waals surface area contributed by atoms with Crippen molar-refractivity contribution in [1.82, 2.24) is 9.97 Å². The van der Waals surface area contributed by atoms with Crippen LogP contribution in [0.25, 0.3) is 10.9 Å². The molecule has 0 saturated carbocycles. The lowest BCUT2D eigenvalue weighted by atomic mass is 10.2. The fourth-order valence-corrected chi connectivity index (χ4v) is 2.39. The predicted molar refractivity (Wildman–Crippen MR) is 97.3 cm³/mol. The Labute approximate surface area is 141 Å². The number of rotatable bonds is 5. The number of nitrogens with zero attached hydrogens (tertiary/aromatic N) is 2. The number of benzene rings is 1. The second-order valence-electron chi connectivity index (χ2n) is 5.72. The molecule has 1 aromatic carbocycles. The number of fused-ring (bicyclic) bond motifs is 1. The Morgan fingerprint density at radius 2 is 1.96 bits per heavy atom. The summed E-state index contributed by atoms with van der Waals surface area (Å²) in [5.74, 6) is -0.247. The number of carbonyl (C=O) groups is 1. The van der Waals surface area contributed by atoms with Crippen LogP contribution in [0.5, 0.6) is 0 Å². The zero-order valence-corrected chi connectivity index (χ0v) is 13.8. The van der Waals surface area contributed by atoms with E-state index < -0.39 is 0 Å². The maximum atomic E-state index is 12.4.